The van der Waals surface area contributed by atoms with Crippen LogP contribution in [0.2, 0.25) is 0 Å². The third kappa shape index (κ3) is 3.11. The van der Waals surface area contributed by atoms with Gasteiger partial charge in [0.2, 0.25) is 5.78 Å². The maximum absolute atomic E-state index is 12.6. The van der Waals surface area contributed by atoms with Crippen molar-refractivity contribution in [2.45, 2.75) is 6.92 Å². The number of hydrogen-bond acceptors (Lipinski definition) is 3. The summed E-state index contributed by atoms with van der Waals surface area (Å²) in [6.45, 7) is 1.96. The van der Waals surface area contributed by atoms with Gasteiger partial charge in [0.1, 0.15) is 0 Å². The summed E-state index contributed by atoms with van der Waals surface area (Å²) in [6, 6.07) is 15.1. The number of nitrogens with zero attached hydrogens (tertiary/aromatic N) is 3. The van der Waals surface area contributed by atoms with Gasteiger partial charge in [-0.05, 0) is 52.7 Å². The molecule has 26 heavy (non-hydrogen) atoms. The van der Waals surface area contributed by atoms with Gasteiger partial charge in [-0.1, -0.05) is 24.3 Å². The molecule has 1 amide bonds. The van der Waals surface area contributed by atoms with Crippen LogP contribution in [0.25, 0.3) is 17.0 Å². The van der Waals surface area contributed by atoms with E-state index in [1.54, 1.807) is 12.3 Å². The zero-order valence-electron chi connectivity index (χ0n) is 14.0. The van der Waals surface area contributed by atoms with E-state index in [4.69, 9.17) is 0 Å². The number of rotatable bonds is 3. The van der Waals surface area contributed by atoms with Crippen molar-refractivity contribution < 1.29 is 4.79 Å². The van der Waals surface area contributed by atoms with Gasteiger partial charge in [-0.3, -0.25) is 9.20 Å². The van der Waals surface area contributed by atoms with Gasteiger partial charge < -0.3 is 5.32 Å². The first-order valence-corrected chi connectivity index (χ1v) is 8.88. The summed E-state index contributed by atoms with van der Waals surface area (Å²) in [7, 11) is 0. The lowest BCUT2D eigenvalue weighted by molar-refractivity contribution is 0.102. The summed E-state index contributed by atoms with van der Waals surface area (Å²) in [5.74, 6) is 0.483. The minimum atomic E-state index is -0.158. The van der Waals surface area contributed by atoms with Crippen LogP contribution < -0.4 is 5.32 Å². The van der Waals surface area contributed by atoms with E-state index in [1.807, 2.05) is 66.2 Å². The van der Waals surface area contributed by atoms with Gasteiger partial charge in [0.25, 0.3) is 5.91 Å². The van der Waals surface area contributed by atoms with E-state index in [-0.39, 0.29) is 5.91 Å². The van der Waals surface area contributed by atoms with Gasteiger partial charge in [-0.15, -0.1) is 0 Å². The topological polar surface area (TPSA) is 59.3 Å². The Bertz CT molecular complexity index is 1090. The number of amides is 1. The van der Waals surface area contributed by atoms with Crippen molar-refractivity contribution in [3.05, 3.63) is 82.7 Å². The molecule has 0 aliphatic carbocycles. The molecule has 2 aromatic heterocycles. The third-order valence-electron chi connectivity index (χ3n) is 4.14. The van der Waals surface area contributed by atoms with E-state index in [1.165, 1.54) is 0 Å². The zero-order valence-corrected chi connectivity index (χ0v) is 15.6. The van der Waals surface area contributed by atoms with Crippen LogP contribution in [-0.2, 0) is 0 Å². The predicted octanol–water partition coefficient (Wildman–Crippen LogP) is 4.72. The Morgan fingerprint density at radius 3 is 2.81 bits per heavy atom. The van der Waals surface area contributed by atoms with Crippen LogP contribution in [0.4, 0.5) is 5.69 Å². The Labute approximate surface area is 158 Å². The fourth-order valence-electron chi connectivity index (χ4n) is 2.72. The van der Waals surface area contributed by atoms with Crippen LogP contribution in [0.5, 0.6) is 0 Å². The number of aromatic nitrogens is 3. The van der Waals surface area contributed by atoms with Gasteiger partial charge in [0.05, 0.1) is 11.3 Å². The quantitative estimate of drug-likeness (QED) is 0.535. The smallest absolute Gasteiger partial charge is 0.256 e. The second-order valence-electron chi connectivity index (χ2n) is 5.92. The third-order valence-corrected chi connectivity index (χ3v) is 4.83. The van der Waals surface area contributed by atoms with E-state index in [2.05, 4.69) is 31.2 Å². The molecule has 5 nitrogen and oxygen atoms in total. The summed E-state index contributed by atoms with van der Waals surface area (Å²) in [4.78, 5) is 21.4. The normalized spacial score (nSPS) is 10.8. The fourth-order valence-corrected chi connectivity index (χ4v) is 3.18. The highest BCUT2D eigenvalue weighted by molar-refractivity contribution is 9.10. The molecule has 0 aliphatic heterocycles. The maximum atomic E-state index is 12.6. The molecule has 6 heteroatoms. The van der Waals surface area contributed by atoms with Gasteiger partial charge in [0.15, 0.2) is 0 Å². The Morgan fingerprint density at radius 2 is 2.00 bits per heavy atom. The number of nitrogens with one attached hydrogen (secondary N) is 1. The molecule has 0 radical (unpaired) electrons. The van der Waals surface area contributed by atoms with Crippen molar-refractivity contribution in [1.29, 1.82) is 0 Å². The summed E-state index contributed by atoms with van der Waals surface area (Å²) < 4.78 is 2.63. The molecular weight excluding hydrogens is 392 g/mol. The highest BCUT2D eigenvalue weighted by Crippen LogP contribution is 2.26. The summed E-state index contributed by atoms with van der Waals surface area (Å²) in [5, 5.41) is 2.99. The van der Waals surface area contributed by atoms with Crippen molar-refractivity contribution in [1.82, 2.24) is 14.4 Å². The molecular formula is C20H15BrN4O. The molecule has 2 aromatic carbocycles. The van der Waals surface area contributed by atoms with Crippen LogP contribution in [0.3, 0.4) is 0 Å². The molecule has 128 valence electrons. The van der Waals surface area contributed by atoms with Crippen LogP contribution in [-0.4, -0.2) is 20.3 Å². The number of aryl methyl sites for hydroxylation is 1. The van der Waals surface area contributed by atoms with Crippen molar-refractivity contribution in [3.8, 4) is 11.3 Å². The van der Waals surface area contributed by atoms with E-state index in [0.29, 0.717) is 11.3 Å². The standard InChI is InChI=1S/C20H15BrN4O/c1-13-7-8-14(18-12-25-10-4-9-22-20(25)24-18)11-17(13)23-19(26)15-5-2-3-6-16(15)21/h2-12H,1H3,(H,23,26). The lowest BCUT2D eigenvalue weighted by Crippen LogP contribution is -2.13. The van der Waals surface area contributed by atoms with Gasteiger partial charge >= 0.3 is 0 Å². The zero-order chi connectivity index (χ0) is 18.1. The van der Waals surface area contributed by atoms with Crippen LogP contribution in [0.1, 0.15) is 15.9 Å². The second-order valence-corrected chi connectivity index (χ2v) is 6.77. The Balaban J connectivity index is 1.68. The number of halogens is 1. The first kappa shape index (κ1) is 16.5. The Hall–Kier alpha value is -2.99. The van der Waals surface area contributed by atoms with E-state index in [0.717, 1.165) is 27.0 Å². The maximum Gasteiger partial charge on any atom is 0.256 e. The molecule has 0 saturated carbocycles. The molecule has 0 bridgehead atoms. The average molecular weight is 407 g/mol. The number of carbonyl (C=O) groups excluding carboxylic acids is 1. The molecule has 2 heterocycles. The lowest BCUT2D eigenvalue weighted by atomic mass is 10.1. The summed E-state index contributed by atoms with van der Waals surface area (Å²) in [6.07, 6.45) is 5.54. The average Bonchev–Trinajstić information content (AvgIpc) is 3.08. The molecule has 0 spiro atoms. The number of benzene rings is 2. The molecule has 0 saturated heterocycles. The van der Waals surface area contributed by atoms with Crippen molar-refractivity contribution >= 4 is 33.3 Å². The highest BCUT2D eigenvalue weighted by atomic mass is 79.9. The van der Waals surface area contributed by atoms with Crippen molar-refractivity contribution in [2.75, 3.05) is 5.32 Å². The summed E-state index contributed by atoms with van der Waals surface area (Å²) in [5.41, 5.74) is 4.06. The number of fused-ring (bicyclic) bond motifs is 1. The molecule has 4 aromatic rings. The first-order valence-electron chi connectivity index (χ1n) is 8.08. The van der Waals surface area contributed by atoms with Gasteiger partial charge in [0, 0.05) is 34.3 Å². The lowest BCUT2D eigenvalue weighted by Gasteiger charge is -2.11. The van der Waals surface area contributed by atoms with Gasteiger partial charge in [-0.2, -0.15) is 0 Å². The van der Waals surface area contributed by atoms with Crippen molar-refractivity contribution in [2.24, 2.45) is 0 Å². The molecule has 0 fully saturated rings. The minimum absolute atomic E-state index is 0.158. The number of carbonyl (C=O) groups is 1. The molecule has 0 aliphatic rings. The predicted molar refractivity (Wildman–Crippen MR) is 105 cm³/mol. The van der Waals surface area contributed by atoms with Crippen LogP contribution in [0, 0.1) is 6.92 Å². The number of imidazole rings is 1. The Morgan fingerprint density at radius 1 is 1.15 bits per heavy atom. The fraction of sp³-hybridized carbons (Fsp3) is 0.0500. The van der Waals surface area contributed by atoms with Crippen LogP contribution in [0.15, 0.2) is 71.6 Å². The SMILES string of the molecule is Cc1ccc(-c2cn3cccnc3n2)cc1NC(=O)c1ccccc1Br. The van der Waals surface area contributed by atoms with Crippen molar-refractivity contribution in [3.63, 3.8) is 0 Å². The van der Waals surface area contributed by atoms with Crippen LogP contribution >= 0.6 is 15.9 Å². The molecule has 0 unspecified atom stereocenters. The first-order chi connectivity index (χ1) is 12.6. The van der Waals surface area contributed by atoms with E-state index in [9.17, 15) is 4.79 Å². The van der Waals surface area contributed by atoms with Gasteiger partial charge in [-0.25, -0.2) is 9.97 Å². The minimum Gasteiger partial charge on any atom is -0.322 e. The molecule has 4 rings (SSSR count). The molecule has 1 N–H and O–H groups in total. The largest absolute Gasteiger partial charge is 0.322 e. The van der Waals surface area contributed by atoms with E-state index >= 15 is 0 Å². The monoisotopic (exact) mass is 406 g/mol. The number of hydrogen-bond donors (Lipinski definition) is 1. The highest BCUT2D eigenvalue weighted by Gasteiger charge is 2.12. The Kier molecular flexibility index (Phi) is 4.26. The number of anilines is 1. The second kappa shape index (κ2) is 6.72. The van der Waals surface area contributed by atoms with E-state index < -0.39 is 0 Å². The molecule has 0 atom stereocenters. The summed E-state index contributed by atoms with van der Waals surface area (Å²) >= 11 is 3.42.